The molecule has 2 aliphatic heterocycles. The summed E-state index contributed by atoms with van der Waals surface area (Å²) in [6, 6.07) is 9.29. The van der Waals surface area contributed by atoms with Gasteiger partial charge in [0.2, 0.25) is 11.8 Å². The number of rotatable bonds is 9. The molecule has 1 aromatic rings. The summed E-state index contributed by atoms with van der Waals surface area (Å²) < 4.78 is 17.7. The molecule has 2 heterocycles. The standard InChI is InChI=1S/C24H38BN3O5.ClH/c1-23(2)24(3,4)33-25(32-23)20(12-8-11-18-9-6-5-7-10-18)27-22(30)19(26)17-21(29)28-13-15-31-16-14-28;/h5-7,9-10,19-20H,8,11-17,26H2,1-4H3,(H,27,30);1H. The molecule has 0 aliphatic carbocycles. The van der Waals surface area contributed by atoms with Crippen LogP contribution < -0.4 is 11.1 Å². The maximum absolute atomic E-state index is 12.9. The molecule has 0 spiro atoms. The number of hydrogen-bond donors (Lipinski definition) is 2. The van der Waals surface area contributed by atoms with Gasteiger partial charge in [0, 0.05) is 13.1 Å². The number of ether oxygens (including phenoxy) is 1. The van der Waals surface area contributed by atoms with Gasteiger partial charge in [-0.15, -0.1) is 12.4 Å². The van der Waals surface area contributed by atoms with Crippen molar-refractivity contribution in [2.45, 2.75) is 76.6 Å². The first kappa shape index (κ1) is 28.6. The molecule has 0 bridgehead atoms. The van der Waals surface area contributed by atoms with E-state index in [9.17, 15) is 9.59 Å². The highest BCUT2D eigenvalue weighted by Crippen LogP contribution is 2.38. The van der Waals surface area contributed by atoms with E-state index in [0.29, 0.717) is 32.7 Å². The zero-order valence-electron chi connectivity index (χ0n) is 20.7. The van der Waals surface area contributed by atoms with Gasteiger partial charge in [-0.25, -0.2) is 0 Å². The highest BCUT2D eigenvalue weighted by molar-refractivity contribution is 6.48. The summed E-state index contributed by atoms with van der Waals surface area (Å²) in [7, 11) is -0.586. The third kappa shape index (κ3) is 7.42. The Bertz CT molecular complexity index is 789. The molecule has 0 aromatic heterocycles. The number of nitrogens with two attached hydrogens (primary N) is 1. The Morgan fingerprint density at radius 2 is 1.68 bits per heavy atom. The lowest BCUT2D eigenvalue weighted by atomic mass is 9.75. The first-order valence-electron chi connectivity index (χ1n) is 11.9. The summed E-state index contributed by atoms with van der Waals surface area (Å²) in [6.07, 6.45) is 2.36. The predicted octanol–water partition coefficient (Wildman–Crippen LogP) is 2.12. The fourth-order valence-corrected chi connectivity index (χ4v) is 4.01. The van der Waals surface area contributed by atoms with Crippen LogP contribution in [0.3, 0.4) is 0 Å². The topological polar surface area (TPSA) is 103 Å². The number of halogens is 1. The third-order valence-electron chi connectivity index (χ3n) is 6.85. The van der Waals surface area contributed by atoms with Crippen molar-refractivity contribution in [1.29, 1.82) is 0 Å². The van der Waals surface area contributed by atoms with Gasteiger partial charge in [0.25, 0.3) is 0 Å². The van der Waals surface area contributed by atoms with Crippen LogP contribution >= 0.6 is 12.4 Å². The molecule has 10 heteroatoms. The number of benzene rings is 1. The van der Waals surface area contributed by atoms with Crippen molar-refractivity contribution < 1.29 is 23.6 Å². The van der Waals surface area contributed by atoms with Gasteiger partial charge >= 0.3 is 7.12 Å². The van der Waals surface area contributed by atoms with Crippen molar-refractivity contribution in [1.82, 2.24) is 10.2 Å². The molecule has 0 radical (unpaired) electrons. The number of nitrogens with one attached hydrogen (secondary N) is 1. The molecule has 34 heavy (non-hydrogen) atoms. The summed E-state index contributed by atoms with van der Waals surface area (Å²) in [6.45, 7) is 10.0. The van der Waals surface area contributed by atoms with Crippen molar-refractivity contribution in [3.8, 4) is 0 Å². The molecule has 2 atom stereocenters. The van der Waals surface area contributed by atoms with E-state index in [1.165, 1.54) is 5.56 Å². The summed E-state index contributed by atoms with van der Waals surface area (Å²) >= 11 is 0. The lowest BCUT2D eigenvalue weighted by molar-refractivity contribution is -0.137. The number of carbonyl (C=O) groups excluding carboxylic acids is 2. The zero-order valence-corrected chi connectivity index (χ0v) is 21.6. The lowest BCUT2D eigenvalue weighted by Gasteiger charge is -2.32. The Hall–Kier alpha value is -1.65. The minimum Gasteiger partial charge on any atom is -0.402 e. The maximum Gasteiger partial charge on any atom is 0.481 e. The van der Waals surface area contributed by atoms with Crippen molar-refractivity contribution in [3.05, 3.63) is 35.9 Å². The number of hydrogen-bond acceptors (Lipinski definition) is 6. The largest absolute Gasteiger partial charge is 0.481 e. The molecule has 1 aromatic carbocycles. The van der Waals surface area contributed by atoms with Gasteiger partial charge in [0.05, 0.1) is 42.8 Å². The first-order chi connectivity index (χ1) is 15.6. The third-order valence-corrected chi connectivity index (χ3v) is 6.85. The molecule has 3 rings (SSSR count). The maximum atomic E-state index is 12.9. The Morgan fingerprint density at radius 3 is 2.26 bits per heavy atom. The van der Waals surface area contributed by atoms with Gasteiger partial charge in [-0.3, -0.25) is 9.59 Å². The Morgan fingerprint density at radius 1 is 1.09 bits per heavy atom. The number of amides is 2. The normalized spacial score (nSPS) is 20.9. The summed E-state index contributed by atoms with van der Waals surface area (Å²) in [5.41, 5.74) is 6.35. The van der Waals surface area contributed by atoms with E-state index in [4.69, 9.17) is 19.8 Å². The number of carbonyl (C=O) groups is 2. The quantitative estimate of drug-likeness (QED) is 0.509. The van der Waals surface area contributed by atoms with Crippen LogP contribution in [0.15, 0.2) is 30.3 Å². The van der Waals surface area contributed by atoms with Crippen LogP contribution in [0.4, 0.5) is 0 Å². The highest BCUT2D eigenvalue weighted by atomic mass is 35.5. The molecular weight excluding hydrogens is 457 g/mol. The van der Waals surface area contributed by atoms with Crippen LogP contribution in [0.2, 0.25) is 0 Å². The summed E-state index contributed by atoms with van der Waals surface area (Å²) in [5.74, 6) is -0.861. The average molecular weight is 496 g/mol. The van der Waals surface area contributed by atoms with Gasteiger partial charge in [-0.05, 0) is 52.5 Å². The molecule has 3 N–H and O–H groups in total. The van der Waals surface area contributed by atoms with Crippen molar-refractivity contribution >= 4 is 31.3 Å². The monoisotopic (exact) mass is 495 g/mol. The van der Waals surface area contributed by atoms with Gasteiger partial charge in [-0.2, -0.15) is 0 Å². The van der Waals surface area contributed by atoms with Crippen LogP contribution in [0.1, 0.15) is 52.5 Å². The van der Waals surface area contributed by atoms with Crippen molar-refractivity contribution in [3.63, 3.8) is 0 Å². The molecule has 2 saturated heterocycles. The van der Waals surface area contributed by atoms with Crippen LogP contribution in [0.25, 0.3) is 0 Å². The van der Waals surface area contributed by atoms with E-state index in [2.05, 4.69) is 17.4 Å². The van der Waals surface area contributed by atoms with Crippen LogP contribution in [-0.2, 0) is 30.1 Å². The van der Waals surface area contributed by atoms with Gasteiger partial charge < -0.3 is 30.0 Å². The Kier molecular flexibility index (Phi) is 10.4. The fraction of sp³-hybridized carbons (Fsp3) is 0.667. The van der Waals surface area contributed by atoms with E-state index >= 15 is 0 Å². The lowest BCUT2D eigenvalue weighted by Crippen LogP contribution is -2.54. The molecule has 0 saturated carbocycles. The highest BCUT2D eigenvalue weighted by Gasteiger charge is 2.54. The van der Waals surface area contributed by atoms with Crippen LogP contribution in [0.5, 0.6) is 0 Å². The minimum absolute atomic E-state index is 0. The van der Waals surface area contributed by atoms with Crippen LogP contribution in [-0.4, -0.2) is 73.3 Å². The molecule has 2 fully saturated rings. The number of nitrogens with zero attached hydrogens (tertiary/aromatic N) is 1. The average Bonchev–Trinajstić information content (AvgIpc) is 3.01. The Balaban J connectivity index is 0.00000408. The van der Waals surface area contributed by atoms with E-state index in [-0.39, 0.29) is 36.6 Å². The molecule has 2 amide bonds. The van der Waals surface area contributed by atoms with Gasteiger partial charge in [0.1, 0.15) is 0 Å². The molecular formula is C24H39BClN3O5. The van der Waals surface area contributed by atoms with Gasteiger partial charge in [-0.1, -0.05) is 30.3 Å². The second kappa shape index (κ2) is 12.4. The Labute approximate surface area is 209 Å². The number of aryl methyl sites for hydroxylation is 1. The van der Waals surface area contributed by atoms with Crippen molar-refractivity contribution in [2.24, 2.45) is 5.73 Å². The SMILES string of the molecule is CC1(C)OB(C(CCCc2ccccc2)NC(=O)C(N)CC(=O)N2CCOCC2)OC1(C)C.Cl. The van der Waals surface area contributed by atoms with E-state index in [0.717, 1.165) is 12.8 Å². The predicted molar refractivity (Wildman–Crippen MR) is 135 cm³/mol. The first-order valence-corrected chi connectivity index (χ1v) is 11.9. The molecule has 8 nitrogen and oxygen atoms in total. The van der Waals surface area contributed by atoms with E-state index in [1.807, 2.05) is 45.9 Å². The second-order valence-electron chi connectivity index (χ2n) is 9.92. The second-order valence-corrected chi connectivity index (χ2v) is 9.92. The van der Waals surface area contributed by atoms with E-state index in [1.54, 1.807) is 4.90 Å². The summed E-state index contributed by atoms with van der Waals surface area (Å²) in [4.78, 5) is 27.2. The number of morpholine rings is 1. The van der Waals surface area contributed by atoms with Crippen molar-refractivity contribution in [2.75, 3.05) is 26.3 Å². The molecule has 2 unspecified atom stereocenters. The zero-order chi connectivity index (χ0) is 24.1. The minimum atomic E-state index is -0.931. The van der Waals surface area contributed by atoms with Crippen LogP contribution in [0, 0.1) is 0 Å². The molecule has 190 valence electrons. The smallest absolute Gasteiger partial charge is 0.402 e. The van der Waals surface area contributed by atoms with E-state index < -0.39 is 24.4 Å². The fourth-order valence-electron chi connectivity index (χ4n) is 4.01. The molecule has 2 aliphatic rings. The summed E-state index contributed by atoms with van der Waals surface area (Å²) in [5, 5.41) is 3.02. The van der Waals surface area contributed by atoms with Gasteiger partial charge in [0.15, 0.2) is 0 Å².